The first-order valence-corrected chi connectivity index (χ1v) is 12.3. The first kappa shape index (κ1) is 23.9. The summed E-state index contributed by atoms with van der Waals surface area (Å²) in [7, 11) is 0. The van der Waals surface area contributed by atoms with Gasteiger partial charge < -0.3 is 11.1 Å². The van der Waals surface area contributed by atoms with E-state index in [1.165, 1.54) is 12.1 Å². The van der Waals surface area contributed by atoms with Gasteiger partial charge in [-0.3, -0.25) is 19.6 Å². The summed E-state index contributed by atoms with van der Waals surface area (Å²) in [5, 5.41) is 24.2. The number of amides is 1. The van der Waals surface area contributed by atoms with Crippen LogP contribution in [0.4, 0.5) is 17.1 Å². The molecule has 0 unspecified atom stereocenters. The van der Waals surface area contributed by atoms with Gasteiger partial charge in [0, 0.05) is 34.7 Å². The van der Waals surface area contributed by atoms with E-state index < -0.39 is 4.92 Å². The van der Waals surface area contributed by atoms with E-state index >= 15 is 0 Å². The van der Waals surface area contributed by atoms with Crippen molar-refractivity contribution in [1.29, 1.82) is 0 Å². The van der Waals surface area contributed by atoms with Gasteiger partial charge >= 0.3 is 0 Å². The van der Waals surface area contributed by atoms with Crippen molar-refractivity contribution in [3.05, 3.63) is 112 Å². The summed E-state index contributed by atoms with van der Waals surface area (Å²) in [6.45, 7) is 0.560. The van der Waals surface area contributed by atoms with E-state index in [2.05, 4.69) is 15.6 Å². The van der Waals surface area contributed by atoms with Crippen molar-refractivity contribution in [2.45, 2.75) is 13.0 Å². The van der Waals surface area contributed by atoms with Gasteiger partial charge in [0.15, 0.2) is 0 Å². The lowest BCUT2D eigenvalue weighted by atomic mass is 10.1. The van der Waals surface area contributed by atoms with Gasteiger partial charge in [-0.1, -0.05) is 41.6 Å². The molecule has 2 heterocycles. The van der Waals surface area contributed by atoms with Crippen LogP contribution in [0.1, 0.15) is 15.9 Å². The fourth-order valence-electron chi connectivity index (χ4n) is 3.84. The van der Waals surface area contributed by atoms with Gasteiger partial charge in [0.05, 0.1) is 22.5 Å². The number of nitrogens with zero attached hydrogens (tertiary/aromatic N) is 4. The van der Waals surface area contributed by atoms with E-state index in [0.717, 1.165) is 21.6 Å². The zero-order valence-corrected chi connectivity index (χ0v) is 20.4. The molecule has 0 spiro atoms. The number of rotatable bonds is 8. The molecule has 0 aliphatic rings. The van der Waals surface area contributed by atoms with E-state index in [4.69, 9.17) is 5.73 Å². The molecule has 5 rings (SSSR count). The molecule has 2 aromatic heterocycles. The molecule has 0 bridgehead atoms. The third-order valence-corrected chi connectivity index (χ3v) is 6.76. The predicted molar refractivity (Wildman–Crippen MR) is 144 cm³/mol. The maximum absolute atomic E-state index is 13.0. The highest BCUT2D eigenvalue weighted by atomic mass is 32.1. The molecule has 0 saturated heterocycles. The zero-order chi connectivity index (χ0) is 25.8. The topological polar surface area (TPSA) is 129 Å². The van der Waals surface area contributed by atoms with Gasteiger partial charge in [0.25, 0.3) is 11.6 Å². The molecule has 9 nitrogen and oxygen atoms in total. The Morgan fingerprint density at radius 2 is 1.86 bits per heavy atom. The largest absolute Gasteiger partial charge is 0.397 e. The zero-order valence-electron chi connectivity index (χ0n) is 19.6. The Hall–Kier alpha value is -4.83. The normalized spacial score (nSPS) is 10.8. The van der Waals surface area contributed by atoms with Crippen molar-refractivity contribution in [3.8, 4) is 21.7 Å². The molecule has 0 atom stereocenters. The number of nitrogens with one attached hydrogen (secondary N) is 1. The van der Waals surface area contributed by atoms with Crippen molar-refractivity contribution in [1.82, 2.24) is 15.0 Å². The van der Waals surface area contributed by atoms with Crippen LogP contribution in [-0.4, -0.2) is 25.8 Å². The Labute approximate surface area is 216 Å². The highest BCUT2D eigenvalue weighted by Crippen LogP contribution is 2.30. The number of non-ortho nitro benzene ring substituents is 1. The van der Waals surface area contributed by atoms with E-state index in [1.54, 1.807) is 52.4 Å². The molecule has 3 N–H and O–H groups in total. The van der Waals surface area contributed by atoms with Gasteiger partial charge in [-0.25, -0.2) is 0 Å². The number of aromatic nitrogens is 3. The highest BCUT2D eigenvalue weighted by molar-refractivity contribution is 7.13. The third kappa shape index (κ3) is 5.54. The number of hydrogen-bond acceptors (Lipinski definition) is 7. The van der Waals surface area contributed by atoms with Crippen molar-refractivity contribution in [3.63, 3.8) is 0 Å². The minimum absolute atomic E-state index is 0.0635. The predicted octanol–water partition coefficient (Wildman–Crippen LogP) is 5.66. The Morgan fingerprint density at radius 3 is 2.62 bits per heavy atom. The molecule has 184 valence electrons. The summed E-state index contributed by atoms with van der Waals surface area (Å²) in [6, 6.07) is 23.2. The lowest BCUT2D eigenvalue weighted by molar-refractivity contribution is -0.384. The second kappa shape index (κ2) is 10.4. The number of hydrogen-bond donors (Lipinski definition) is 2. The van der Waals surface area contributed by atoms with Crippen LogP contribution in [0.15, 0.2) is 90.4 Å². The maximum atomic E-state index is 13.0. The van der Waals surface area contributed by atoms with Gasteiger partial charge in [-0.05, 0) is 53.3 Å². The Kier molecular flexibility index (Phi) is 6.73. The lowest BCUT2D eigenvalue weighted by Crippen LogP contribution is -2.13. The van der Waals surface area contributed by atoms with Crippen LogP contribution in [0.3, 0.4) is 0 Å². The summed E-state index contributed by atoms with van der Waals surface area (Å²) >= 11 is 1.62. The summed E-state index contributed by atoms with van der Waals surface area (Å²) in [4.78, 5) is 24.5. The number of nitrogen functional groups attached to an aromatic ring is 1. The Morgan fingerprint density at radius 1 is 1.03 bits per heavy atom. The fourth-order valence-corrected chi connectivity index (χ4v) is 4.57. The Balaban J connectivity index is 1.27. The van der Waals surface area contributed by atoms with Crippen LogP contribution in [0.2, 0.25) is 0 Å². The van der Waals surface area contributed by atoms with Crippen LogP contribution in [0, 0.1) is 10.1 Å². The number of carbonyl (C=O) groups is 1. The SMILES string of the molecule is Nc1ccc(-c2cccs2)cc1NC(=O)c1cccc(-c2cn(CCc3ccc([N+](=O)[O-])cc3)nn2)c1. The summed E-state index contributed by atoms with van der Waals surface area (Å²) < 4.78 is 1.71. The second-order valence-corrected chi connectivity index (χ2v) is 9.30. The Bertz CT molecular complexity index is 1560. The van der Waals surface area contributed by atoms with Crippen LogP contribution in [0.5, 0.6) is 0 Å². The first-order chi connectivity index (χ1) is 18.0. The maximum Gasteiger partial charge on any atom is 0.269 e. The van der Waals surface area contributed by atoms with Gasteiger partial charge in [0.2, 0.25) is 0 Å². The minimum atomic E-state index is -0.418. The summed E-state index contributed by atoms with van der Waals surface area (Å²) in [5.41, 5.74) is 11.0. The van der Waals surface area contributed by atoms with Crippen molar-refractivity contribution in [2.75, 3.05) is 11.1 Å². The van der Waals surface area contributed by atoms with E-state index in [0.29, 0.717) is 35.6 Å². The molecule has 0 fully saturated rings. The molecular weight excluding hydrogens is 488 g/mol. The summed E-state index contributed by atoms with van der Waals surface area (Å²) in [6.07, 6.45) is 2.46. The van der Waals surface area contributed by atoms with Gasteiger partial charge in [-0.2, -0.15) is 0 Å². The number of nitro groups is 1. The van der Waals surface area contributed by atoms with E-state index in [9.17, 15) is 14.9 Å². The number of nitrogens with two attached hydrogens (primary N) is 1. The molecule has 0 aliphatic carbocycles. The quantitative estimate of drug-likeness (QED) is 0.157. The smallest absolute Gasteiger partial charge is 0.269 e. The van der Waals surface area contributed by atoms with E-state index in [1.807, 2.05) is 41.9 Å². The number of benzene rings is 3. The summed E-state index contributed by atoms with van der Waals surface area (Å²) in [5.74, 6) is -0.276. The van der Waals surface area contributed by atoms with Crippen LogP contribution in [0.25, 0.3) is 21.7 Å². The number of aryl methyl sites for hydroxylation is 2. The molecule has 0 saturated carbocycles. The monoisotopic (exact) mass is 510 g/mol. The first-order valence-electron chi connectivity index (χ1n) is 11.4. The average Bonchev–Trinajstić information content (AvgIpc) is 3.62. The number of thiophene rings is 1. The van der Waals surface area contributed by atoms with Crippen molar-refractivity contribution >= 4 is 34.3 Å². The lowest BCUT2D eigenvalue weighted by Gasteiger charge is -2.10. The van der Waals surface area contributed by atoms with Crippen LogP contribution in [-0.2, 0) is 13.0 Å². The molecule has 1 amide bonds. The number of nitro benzene ring substituents is 1. The van der Waals surface area contributed by atoms with Crippen LogP contribution < -0.4 is 11.1 Å². The minimum Gasteiger partial charge on any atom is -0.397 e. The molecule has 3 aromatic carbocycles. The molecule has 5 aromatic rings. The van der Waals surface area contributed by atoms with Crippen molar-refractivity contribution < 1.29 is 9.72 Å². The molecule has 0 radical (unpaired) electrons. The highest BCUT2D eigenvalue weighted by Gasteiger charge is 2.13. The molecule has 0 aliphatic heterocycles. The second-order valence-electron chi connectivity index (χ2n) is 8.35. The van der Waals surface area contributed by atoms with Crippen LogP contribution >= 0.6 is 11.3 Å². The fraction of sp³-hybridized carbons (Fsp3) is 0.0741. The molecule has 10 heteroatoms. The van der Waals surface area contributed by atoms with E-state index in [-0.39, 0.29) is 11.6 Å². The van der Waals surface area contributed by atoms with Crippen molar-refractivity contribution in [2.24, 2.45) is 0 Å². The third-order valence-electron chi connectivity index (χ3n) is 5.84. The van der Waals surface area contributed by atoms with Gasteiger partial charge in [0.1, 0.15) is 5.69 Å². The molecular formula is C27H22N6O3S. The number of carbonyl (C=O) groups excluding carboxylic acids is 1. The number of anilines is 2. The average molecular weight is 511 g/mol. The standard InChI is InChI=1S/C27H22N6O3S/c28-23-11-8-20(26-5-2-14-37-26)16-24(23)29-27(34)21-4-1-3-19(15-21)25-17-32(31-30-25)13-12-18-6-9-22(10-7-18)33(35)36/h1-11,14-17H,12-13,28H2,(H,29,34). The molecule has 37 heavy (non-hydrogen) atoms. The van der Waals surface area contributed by atoms with Gasteiger partial charge in [-0.15, -0.1) is 16.4 Å².